The minimum absolute atomic E-state index is 0.771. The van der Waals surface area contributed by atoms with Gasteiger partial charge < -0.3 is 4.90 Å². The van der Waals surface area contributed by atoms with Gasteiger partial charge in [0.25, 0.3) is 0 Å². The Hall–Kier alpha value is -0.460. The van der Waals surface area contributed by atoms with Crippen molar-refractivity contribution >= 4 is 0 Å². The van der Waals surface area contributed by atoms with Crippen LogP contribution in [0.15, 0.2) is 12.3 Å². The third-order valence-electron chi connectivity index (χ3n) is 3.77. The lowest BCUT2D eigenvalue weighted by molar-refractivity contribution is 0.250. The lowest BCUT2D eigenvalue weighted by Crippen LogP contribution is -2.29. The minimum Gasteiger partial charge on any atom is -0.375 e. The average Bonchev–Trinajstić information content (AvgIpc) is 2.57. The van der Waals surface area contributed by atoms with E-state index in [2.05, 4.69) is 46.1 Å². The van der Waals surface area contributed by atoms with Crippen LogP contribution in [-0.4, -0.2) is 18.0 Å². The molecule has 1 fully saturated rings. The van der Waals surface area contributed by atoms with Gasteiger partial charge in [0.05, 0.1) is 0 Å². The molecule has 0 aromatic heterocycles. The summed E-state index contributed by atoms with van der Waals surface area (Å²) >= 11 is 0. The van der Waals surface area contributed by atoms with Gasteiger partial charge in [-0.1, -0.05) is 81.2 Å². The molecule has 1 rings (SSSR count). The largest absolute Gasteiger partial charge is 0.375 e. The van der Waals surface area contributed by atoms with Crippen molar-refractivity contribution in [3.63, 3.8) is 0 Å². The Balaban J connectivity index is -0.000000446. The number of rotatable bonds is 5. The van der Waals surface area contributed by atoms with Gasteiger partial charge in [-0.2, -0.15) is 0 Å². The summed E-state index contributed by atoms with van der Waals surface area (Å²) in [5, 5.41) is 0. The monoisotopic (exact) mass is 313 g/mol. The van der Waals surface area contributed by atoms with E-state index in [9.17, 15) is 0 Å². The zero-order valence-corrected chi connectivity index (χ0v) is 17.5. The first-order valence-corrected chi connectivity index (χ1v) is 10.0. The molecule has 0 bridgehead atoms. The van der Waals surface area contributed by atoms with Crippen molar-refractivity contribution in [2.75, 3.05) is 13.1 Å². The normalized spacial score (nSPS) is 19.3. The first kappa shape index (κ1) is 26.4. The Bertz CT molecular complexity index is 202. The fourth-order valence-corrected chi connectivity index (χ4v) is 2.63. The molecule has 0 aromatic carbocycles. The molecule has 0 N–H and O–H groups in total. The Morgan fingerprint density at radius 1 is 0.909 bits per heavy atom. The highest BCUT2D eigenvalue weighted by atomic mass is 15.1. The van der Waals surface area contributed by atoms with Gasteiger partial charge in [0, 0.05) is 18.8 Å². The van der Waals surface area contributed by atoms with E-state index >= 15 is 0 Å². The molecule has 0 aliphatic heterocycles. The Labute approximate surface area is 143 Å². The zero-order valence-electron chi connectivity index (χ0n) is 17.5. The first-order valence-electron chi connectivity index (χ1n) is 10.0. The second-order valence-electron chi connectivity index (χ2n) is 5.73. The molecule has 0 radical (unpaired) electrons. The summed E-state index contributed by atoms with van der Waals surface area (Å²) in [5.74, 6) is 1.71. The predicted molar refractivity (Wildman–Crippen MR) is 106 cm³/mol. The van der Waals surface area contributed by atoms with Crippen LogP contribution in [0.25, 0.3) is 0 Å². The van der Waals surface area contributed by atoms with Crippen molar-refractivity contribution in [1.82, 2.24) is 4.90 Å². The molecule has 1 nitrogen and oxygen atoms in total. The van der Waals surface area contributed by atoms with Crippen LogP contribution in [0.1, 0.15) is 101 Å². The summed E-state index contributed by atoms with van der Waals surface area (Å²) in [6.07, 6.45) is 8.00. The molecule has 0 heterocycles. The van der Waals surface area contributed by atoms with Crippen LogP contribution < -0.4 is 0 Å². The van der Waals surface area contributed by atoms with E-state index in [0.717, 1.165) is 18.4 Å². The van der Waals surface area contributed by atoms with Gasteiger partial charge in [-0.05, 0) is 38.0 Å². The van der Waals surface area contributed by atoms with Crippen LogP contribution in [0.3, 0.4) is 0 Å². The molecule has 1 saturated carbocycles. The van der Waals surface area contributed by atoms with Crippen LogP contribution in [-0.2, 0) is 0 Å². The first-order chi connectivity index (χ1) is 10.6. The van der Waals surface area contributed by atoms with Crippen LogP contribution in [0.5, 0.6) is 0 Å². The molecule has 136 valence electrons. The van der Waals surface area contributed by atoms with E-state index in [1.165, 1.54) is 50.8 Å². The molecule has 0 aromatic rings. The number of allylic oxidation sites excluding steroid dienone is 1. The number of hydrogen-bond donors (Lipinski definition) is 0. The predicted octanol–water partition coefficient (Wildman–Crippen LogP) is 7.53. The van der Waals surface area contributed by atoms with Crippen molar-refractivity contribution in [1.29, 1.82) is 0 Å². The molecular weight excluding hydrogens is 266 g/mol. The van der Waals surface area contributed by atoms with Crippen LogP contribution in [0.2, 0.25) is 0 Å². The quantitative estimate of drug-likeness (QED) is 0.507. The van der Waals surface area contributed by atoms with Gasteiger partial charge in [-0.3, -0.25) is 0 Å². The SMILES string of the molecule is C=C(C1CCC(C)CC1)N(CC)CCC.CC.CC.CCC. The standard InChI is InChI=1S/C14H27N.C3H8.2C2H6/c1-5-11-15(6-2)13(4)14-9-7-12(3)8-10-14;1-3-2;2*1-2/h12,14H,4-11H2,1-3H3;3H2,1-2H3;2*1-2H3. The van der Waals surface area contributed by atoms with Gasteiger partial charge in [0.2, 0.25) is 0 Å². The zero-order chi connectivity index (χ0) is 18.0. The van der Waals surface area contributed by atoms with Gasteiger partial charge in [-0.25, -0.2) is 0 Å². The summed E-state index contributed by atoms with van der Waals surface area (Å²) in [6, 6.07) is 0. The van der Waals surface area contributed by atoms with Gasteiger partial charge in [-0.15, -0.1) is 0 Å². The van der Waals surface area contributed by atoms with Gasteiger partial charge in [0.15, 0.2) is 0 Å². The molecule has 1 aliphatic rings. The summed E-state index contributed by atoms with van der Waals surface area (Å²) in [4.78, 5) is 2.47. The molecule has 0 saturated heterocycles. The lowest BCUT2D eigenvalue weighted by atomic mass is 9.81. The Morgan fingerprint density at radius 2 is 1.32 bits per heavy atom. The van der Waals surface area contributed by atoms with E-state index < -0.39 is 0 Å². The second kappa shape index (κ2) is 20.5. The minimum atomic E-state index is 0.771. The van der Waals surface area contributed by atoms with Crippen molar-refractivity contribution in [3.8, 4) is 0 Å². The van der Waals surface area contributed by atoms with Gasteiger partial charge >= 0.3 is 0 Å². The second-order valence-corrected chi connectivity index (χ2v) is 5.73. The third-order valence-corrected chi connectivity index (χ3v) is 3.77. The smallest absolute Gasteiger partial charge is 0.0172 e. The molecule has 0 unspecified atom stereocenters. The molecule has 1 aliphatic carbocycles. The van der Waals surface area contributed by atoms with E-state index in [1.807, 2.05) is 27.7 Å². The molecule has 0 atom stereocenters. The summed E-state index contributed by atoms with van der Waals surface area (Å²) in [7, 11) is 0. The Morgan fingerprint density at radius 3 is 1.64 bits per heavy atom. The molecular formula is C21H47N. The highest BCUT2D eigenvalue weighted by molar-refractivity contribution is 5.01. The van der Waals surface area contributed by atoms with Crippen LogP contribution >= 0.6 is 0 Å². The Kier molecular flexibility index (Phi) is 24.7. The van der Waals surface area contributed by atoms with E-state index in [-0.39, 0.29) is 0 Å². The van der Waals surface area contributed by atoms with Crippen LogP contribution in [0, 0.1) is 11.8 Å². The number of hydrogen-bond acceptors (Lipinski definition) is 1. The summed E-state index contributed by atoms with van der Waals surface area (Å²) in [5.41, 5.74) is 1.41. The topological polar surface area (TPSA) is 3.24 Å². The molecule has 1 heteroatoms. The highest BCUT2D eigenvalue weighted by Gasteiger charge is 2.22. The van der Waals surface area contributed by atoms with E-state index in [4.69, 9.17) is 0 Å². The molecule has 0 amide bonds. The fourth-order valence-electron chi connectivity index (χ4n) is 2.63. The fraction of sp³-hybridized carbons (Fsp3) is 0.905. The van der Waals surface area contributed by atoms with E-state index in [0.29, 0.717) is 0 Å². The average molecular weight is 314 g/mol. The molecule has 0 spiro atoms. The summed E-state index contributed by atoms with van der Waals surface area (Å²) in [6.45, 7) is 25.7. The maximum Gasteiger partial charge on any atom is 0.0172 e. The molecule has 22 heavy (non-hydrogen) atoms. The number of nitrogens with zero attached hydrogens (tertiary/aromatic N) is 1. The summed E-state index contributed by atoms with van der Waals surface area (Å²) < 4.78 is 0. The third kappa shape index (κ3) is 13.2. The lowest BCUT2D eigenvalue weighted by Gasteiger charge is -2.34. The van der Waals surface area contributed by atoms with Crippen molar-refractivity contribution in [3.05, 3.63) is 12.3 Å². The van der Waals surface area contributed by atoms with Crippen molar-refractivity contribution in [2.24, 2.45) is 11.8 Å². The highest BCUT2D eigenvalue weighted by Crippen LogP contribution is 2.33. The maximum absolute atomic E-state index is 4.32. The van der Waals surface area contributed by atoms with E-state index in [1.54, 1.807) is 0 Å². The van der Waals surface area contributed by atoms with Crippen molar-refractivity contribution < 1.29 is 0 Å². The maximum atomic E-state index is 4.32. The van der Waals surface area contributed by atoms with Gasteiger partial charge in [0.1, 0.15) is 0 Å². The van der Waals surface area contributed by atoms with Crippen molar-refractivity contribution in [2.45, 2.75) is 101 Å². The van der Waals surface area contributed by atoms with Crippen LogP contribution in [0.4, 0.5) is 0 Å².